The van der Waals surface area contributed by atoms with Crippen LogP contribution in [-0.4, -0.2) is 49.4 Å². The van der Waals surface area contributed by atoms with E-state index in [1.165, 1.54) is 42.3 Å². The van der Waals surface area contributed by atoms with E-state index in [2.05, 4.69) is 14.9 Å². The molecule has 3 aromatic rings. The quantitative estimate of drug-likeness (QED) is 0.469. The lowest BCUT2D eigenvalue weighted by Crippen LogP contribution is -2.37. The van der Waals surface area contributed by atoms with Crippen LogP contribution in [0.25, 0.3) is 22.4 Å². The number of fused-ring (bicyclic) bond motifs is 1. The van der Waals surface area contributed by atoms with Crippen molar-refractivity contribution in [3.8, 4) is 11.4 Å². The second-order valence-corrected chi connectivity index (χ2v) is 8.22. The highest BCUT2D eigenvalue weighted by atomic mass is 32.2. The number of aryl methyl sites for hydroxylation is 1. The summed E-state index contributed by atoms with van der Waals surface area (Å²) in [6, 6.07) is 6.23. The normalized spacial score (nSPS) is 14.7. The summed E-state index contributed by atoms with van der Waals surface area (Å²) >= 11 is 1.44. The first kappa shape index (κ1) is 19.8. The van der Waals surface area contributed by atoms with E-state index in [1.807, 2.05) is 0 Å². The zero-order chi connectivity index (χ0) is 20.5. The van der Waals surface area contributed by atoms with Crippen LogP contribution >= 0.6 is 11.8 Å². The molecule has 0 unspecified atom stereocenters. The second-order valence-electron chi connectivity index (χ2n) is 7.13. The van der Waals surface area contributed by atoms with Gasteiger partial charge >= 0.3 is 5.69 Å². The first-order valence-electron chi connectivity index (χ1n) is 9.55. The molecule has 152 valence electrons. The van der Waals surface area contributed by atoms with Crippen LogP contribution in [-0.2, 0) is 14.1 Å². The molecule has 4 rings (SSSR count). The van der Waals surface area contributed by atoms with E-state index >= 15 is 0 Å². The van der Waals surface area contributed by atoms with Crippen molar-refractivity contribution in [1.29, 1.82) is 0 Å². The topological polar surface area (TPSA) is 73.0 Å². The lowest BCUT2D eigenvalue weighted by Gasteiger charge is -2.15. The third-order valence-corrected chi connectivity index (χ3v) is 6.18. The minimum atomic E-state index is -0.478. The van der Waals surface area contributed by atoms with Gasteiger partial charge in [0.15, 0.2) is 11.5 Å². The largest absolute Gasteiger partial charge is 0.332 e. The van der Waals surface area contributed by atoms with Gasteiger partial charge in [0, 0.05) is 26.4 Å². The van der Waals surface area contributed by atoms with Crippen molar-refractivity contribution in [3.05, 3.63) is 50.9 Å². The van der Waals surface area contributed by atoms with Crippen molar-refractivity contribution in [3.63, 3.8) is 0 Å². The van der Waals surface area contributed by atoms with Gasteiger partial charge in [-0.2, -0.15) is 0 Å². The van der Waals surface area contributed by atoms with Crippen molar-refractivity contribution >= 4 is 22.8 Å². The van der Waals surface area contributed by atoms with Crippen LogP contribution in [0.2, 0.25) is 0 Å². The predicted octanol–water partition coefficient (Wildman–Crippen LogP) is 2.02. The molecule has 7 nitrogen and oxygen atoms in total. The van der Waals surface area contributed by atoms with Crippen molar-refractivity contribution < 1.29 is 4.39 Å². The molecule has 2 aromatic heterocycles. The van der Waals surface area contributed by atoms with Crippen LogP contribution in [0.4, 0.5) is 4.39 Å². The lowest BCUT2D eigenvalue weighted by atomic mass is 10.2. The standard InChI is InChI=1S/C20H22FN5O2S/c1-24-17-15(19(27)25(2)20(24)28)18(29-12-11-26-9-5-6-10-26)23-16(22-17)13-7-3-4-8-14(13)21/h3-4,7-8H,5-6,9-12H2,1-2H3. The number of aromatic nitrogens is 4. The Balaban J connectivity index is 1.85. The molecule has 0 radical (unpaired) electrons. The molecule has 1 saturated heterocycles. The Morgan fingerprint density at radius 1 is 1.07 bits per heavy atom. The van der Waals surface area contributed by atoms with E-state index in [-0.39, 0.29) is 17.0 Å². The Morgan fingerprint density at radius 2 is 1.79 bits per heavy atom. The average Bonchev–Trinajstić information content (AvgIpc) is 3.24. The fraction of sp³-hybridized carbons (Fsp3) is 0.400. The summed E-state index contributed by atoms with van der Waals surface area (Å²) in [5, 5.41) is 0.768. The van der Waals surface area contributed by atoms with E-state index in [1.54, 1.807) is 25.2 Å². The molecule has 0 bridgehead atoms. The van der Waals surface area contributed by atoms with Gasteiger partial charge in [0.05, 0.1) is 5.56 Å². The van der Waals surface area contributed by atoms with Crippen LogP contribution in [0.3, 0.4) is 0 Å². The number of rotatable bonds is 5. The Morgan fingerprint density at radius 3 is 2.52 bits per heavy atom. The lowest BCUT2D eigenvalue weighted by molar-refractivity contribution is 0.362. The van der Waals surface area contributed by atoms with E-state index in [9.17, 15) is 14.0 Å². The minimum absolute atomic E-state index is 0.169. The van der Waals surface area contributed by atoms with Gasteiger partial charge in [-0.25, -0.2) is 19.2 Å². The molecule has 0 aliphatic carbocycles. The molecule has 1 aliphatic rings. The van der Waals surface area contributed by atoms with Crippen molar-refractivity contribution in [2.24, 2.45) is 14.1 Å². The molecule has 1 aliphatic heterocycles. The molecule has 0 amide bonds. The molecule has 0 atom stereocenters. The number of benzene rings is 1. The third-order valence-electron chi connectivity index (χ3n) is 5.23. The van der Waals surface area contributed by atoms with Gasteiger partial charge in [0.2, 0.25) is 0 Å². The second kappa shape index (κ2) is 8.08. The highest BCUT2D eigenvalue weighted by Gasteiger charge is 2.20. The van der Waals surface area contributed by atoms with E-state index < -0.39 is 17.1 Å². The predicted molar refractivity (Wildman–Crippen MR) is 112 cm³/mol. The van der Waals surface area contributed by atoms with Crippen LogP contribution in [0.5, 0.6) is 0 Å². The Bertz CT molecular complexity index is 1180. The minimum Gasteiger partial charge on any atom is -0.303 e. The van der Waals surface area contributed by atoms with Gasteiger partial charge in [-0.3, -0.25) is 13.9 Å². The fourth-order valence-corrected chi connectivity index (χ4v) is 4.59. The molecule has 1 fully saturated rings. The number of likely N-dealkylation sites (tertiary alicyclic amines) is 1. The molecular weight excluding hydrogens is 393 g/mol. The van der Waals surface area contributed by atoms with Crippen LogP contribution in [0.1, 0.15) is 12.8 Å². The number of hydrogen-bond acceptors (Lipinski definition) is 6. The number of thioether (sulfide) groups is 1. The molecule has 3 heterocycles. The third kappa shape index (κ3) is 3.72. The summed E-state index contributed by atoms with van der Waals surface area (Å²) in [6.45, 7) is 3.06. The van der Waals surface area contributed by atoms with E-state index in [4.69, 9.17) is 0 Å². The average molecular weight is 415 g/mol. The monoisotopic (exact) mass is 415 g/mol. The fourth-order valence-electron chi connectivity index (χ4n) is 3.57. The summed E-state index contributed by atoms with van der Waals surface area (Å²) in [5.74, 6) is 0.464. The molecule has 9 heteroatoms. The van der Waals surface area contributed by atoms with E-state index in [0.29, 0.717) is 10.4 Å². The molecule has 0 saturated carbocycles. The summed E-state index contributed by atoms with van der Waals surface area (Å²) in [7, 11) is 2.99. The number of halogens is 1. The van der Waals surface area contributed by atoms with E-state index in [0.717, 1.165) is 30.0 Å². The highest BCUT2D eigenvalue weighted by Crippen LogP contribution is 2.27. The van der Waals surface area contributed by atoms with Gasteiger partial charge in [-0.15, -0.1) is 11.8 Å². The summed E-state index contributed by atoms with van der Waals surface area (Å²) in [6.07, 6.45) is 2.42. The zero-order valence-corrected chi connectivity index (χ0v) is 17.2. The molecule has 1 aromatic carbocycles. The maximum atomic E-state index is 14.4. The van der Waals surface area contributed by atoms with Crippen LogP contribution < -0.4 is 11.2 Å². The van der Waals surface area contributed by atoms with Crippen molar-refractivity contribution in [2.75, 3.05) is 25.4 Å². The van der Waals surface area contributed by atoms with Crippen molar-refractivity contribution in [2.45, 2.75) is 17.9 Å². The maximum absolute atomic E-state index is 14.4. The summed E-state index contributed by atoms with van der Waals surface area (Å²) in [4.78, 5) is 36.5. The smallest absolute Gasteiger partial charge is 0.303 e. The first-order valence-corrected chi connectivity index (χ1v) is 10.5. The number of nitrogens with zero attached hydrogens (tertiary/aromatic N) is 5. The van der Waals surface area contributed by atoms with Gasteiger partial charge in [-0.05, 0) is 38.1 Å². The Hall–Kier alpha value is -2.52. The van der Waals surface area contributed by atoms with Gasteiger partial charge in [0.25, 0.3) is 5.56 Å². The molecular formula is C20H22FN5O2S. The molecule has 29 heavy (non-hydrogen) atoms. The molecule has 0 spiro atoms. The SMILES string of the molecule is Cn1c(=O)c2c(SCCN3CCCC3)nc(-c3ccccc3F)nc2n(C)c1=O. The van der Waals surface area contributed by atoms with Crippen molar-refractivity contribution in [1.82, 2.24) is 24.0 Å². The summed E-state index contributed by atoms with van der Waals surface area (Å²) in [5.41, 5.74) is -0.459. The van der Waals surface area contributed by atoms with Crippen LogP contribution in [0, 0.1) is 5.82 Å². The zero-order valence-electron chi connectivity index (χ0n) is 16.4. The van der Waals surface area contributed by atoms with Gasteiger partial charge in [0.1, 0.15) is 16.2 Å². The van der Waals surface area contributed by atoms with Crippen LogP contribution in [0.15, 0.2) is 38.9 Å². The maximum Gasteiger partial charge on any atom is 0.332 e. The van der Waals surface area contributed by atoms with Gasteiger partial charge in [-0.1, -0.05) is 12.1 Å². The Labute approximate surface area is 171 Å². The highest BCUT2D eigenvalue weighted by molar-refractivity contribution is 7.99. The van der Waals surface area contributed by atoms with Gasteiger partial charge < -0.3 is 4.90 Å². The summed E-state index contributed by atoms with van der Waals surface area (Å²) < 4.78 is 16.7. The molecule has 0 N–H and O–H groups in total. The number of hydrogen-bond donors (Lipinski definition) is 0. The Kier molecular flexibility index (Phi) is 5.51. The first-order chi connectivity index (χ1) is 14.0.